The molecular weight excluding hydrogens is 1500 g/mol. The number of hydrogen-bond acceptors (Lipinski definition) is 17. The SMILES string of the molecule is C.C(=C\c1ccc2ccccc2n1)/C1=Nc2c(ccc3ncccc23)C1.COC(=O)/C=C/c1ccc2ccccc2n1.Cn1c(/C=C/c2ccc3ccccc3n2)nc2c3cccnc3ccc21.Cn1c(C2CC2c2ccc3ccccc3n2)nc2c3cccnc3ccc21.Nc1ccc2ncccc2c1N.O=Cc1ccc2ccccc2n1.[2H]CF. The average molecular weight is 1590 g/mol. The van der Waals surface area contributed by atoms with E-state index >= 15 is 0 Å². The Morgan fingerprint density at radius 1 is 0.430 bits per heavy atom. The first-order chi connectivity index (χ1) is 59.3. The summed E-state index contributed by atoms with van der Waals surface area (Å²) in [5, 5.41) is 9.86. The van der Waals surface area contributed by atoms with E-state index in [0.29, 0.717) is 28.9 Å². The Bertz CT molecular complexity index is 7390. The maximum absolute atomic E-state index is 10.9. The van der Waals surface area contributed by atoms with Crippen LogP contribution in [0.2, 0.25) is 0 Å². The van der Waals surface area contributed by atoms with Gasteiger partial charge in [0.05, 0.1) is 121 Å². The van der Waals surface area contributed by atoms with Gasteiger partial charge >= 0.3 is 5.97 Å². The minimum atomic E-state index is -1.00. The van der Waals surface area contributed by atoms with Crippen molar-refractivity contribution in [3.63, 3.8) is 0 Å². The van der Waals surface area contributed by atoms with Gasteiger partial charge in [0.1, 0.15) is 17.3 Å². The number of esters is 1. The highest BCUT2D eigenvalue weighted by Gasteiger charge is 2.44. The van der Waals surface area contributed by atoms with E-state index in [9.17, 15) is 14.0 Å². The van der Waals surface area contributed by atoms with Crippen LogP contribution in [0.25, 0.3) is 144 Å². The topological polar surface area (TPSA) is 259 Å². The first-order valence-electron chi connectivity index (χ1n) is 39.5. The van der Waals surface area contributed by atoms with Gasteiger partial charge < -0.3 is 25.3 Å². The molecule has 0 spiro atoms. The number of allylic oxidation sites excluding steroid dienone is 1. The molecule has 20 aromatic rings. The van der Waals surface area contributed by atoms with Crippen molar-refractivity contribution in [1.29, 1.82) is 0 Å². The van der Waals surface area contributed by atoms with Crippen LogP contribution in [-0.2, 0) is 30.0 Å². The lowest BCUT2D eigenvalue weighted by atomic mass is 10.1. The number of hydrogen-bond donors (Lipinski definition) is 2. The van der Waals surface area contributed by atoms with Gasteiger partial charge in [0, 0.05) is 123 Å². The number of fused-ring (bicyclic) bond motifs is 15. The molecule has 2 aliphatic rings. The molecule has 0 radical (unpaired) electrons. The Balaban J connectivity index is 0.000000116. The summed E-state index contributed by atoms with van der Waals surface area (Å²) in [7, 11) is 4.50. The molecule has 1 aliphatic carbocycles. The van der Waals surface area contributed by atoms with Gasteiger partial charge in [0.15, 0.2) is 6.29 Å². The number of imidazole rings is 2. The number of carbonyl (C=O) groups excluding carboxylic acids is 2. The van der Waals surface area contributed by atoms with Crippen molar-refractivity contribution in [3.8, 4) is 0 Å². The number of aromatic nitrogens is 13. The van der Waals surface area contributed by atoms with Crippen LogP contribution in [-0.4, -0.2) is 96.2 Å². The maximum Gasteiger partial charge on any atom is 0.330 e. The predicted octanol–water partition coefficient (Wildman–Crippen LogP) is 22.0. The molecule has 2 atom stereocenters. The Labute approximate surface area is 698 Å². The number of halogens is 1. The van der Waals surface area contributed by atoms with Crippen LogP contribution in [0, 0.1) is 0 Å². The van der Waals surface area contributed by atoms with E-state index in [1.54, 1.807) is 24.4 Å². The van der Waals surface area contributed by atoms with Crippen molar-refractivity contribution in [2.75, 3.05) is 25.7 Å². The zero-order valence-corrected chi connectivity index (χ0v) is 65.7. The van der Waals surface area contributed by atoms with Gasteiger partial charge in [-0.25, -0.2) is 34.7 Å². The number of para-hydroxylation sites is 5. The summed E-state index contributed by atoms with van der Waals surface area (Å²) < 4.78 is 24.3. The normalized spacial score (nSPS) is 13.2. The van der Waals surface area contributed by atoms with E-state index in [4.69, 9.17) is 32.8 Å². The Morgan fingerprint density at radius 3 is 1.38 bits per heavy atom. The molecule has 0 amide bonds. The van der Waals surface area contributed by atoms with Gasteiger partial charge in [-0.15, -0.1) is 0 Å². The molecule has 19 nitrogen and oxygen atoms in total. The van der Waals surface area contributed by atoms with Crippen molar-refractivity contribution < 1.29 is 20.1 Å². The second kappa shape index (κ2) is 37.0. The number of nitrogens with two attached hydrogens (primary N) is 2. The fourth-order valence-corrected chi connectivity index (χ4v) is 14.6. The molecular formula is C101H83FN16O3. The summed E-state index contributed by atoms with van der Waals surface area (Å²) in [5.41, 5.74) is 33.2. The van der Waals surface area contributed by atoms with Crippen LogP contribution in [0.15, 0.2) is 321 Å². The number of aryl methyl sites for hydroxylation is 2. The summed E-state index contributed by atoms with van der Waals surface area (Å²) >= 11 is 0. The van der Waals surface area contributed by atoms with Crippen LogP contribution >= 0.6 is 0 Å². The van der Waals surface area contributed by atoms with Gasteiger partial charge in [0.25, 0.3) is 0 Å². The number of aliphatic imine (C=N–C) groups is 1. The lowest BCUT2D eigenvalue weighted by Crippen LogP contribution is -1.97. The summed E-state index contributed by atoms with van der Waals surface area (Å²) in [5.74, 6) is 2.56. The Hall–Kier alpha value is -15.8. The number of nitrogens with zero attached hydrogens (tertiary/aromatic N) is 14. The first-order valence-corrected chi connectivity index (χ1v) is 38.8. The summed E-state index contributed by atoms with van der Waals surface area (Å²) in [6, 6.07) is 92.3. The molecule has 11 aromatic heterocycles. The summed E-state index contributed by atoms with van der Waals surface area (Å²) in [4.78, 5) is 76.2. The van der Waals surface area contributed by atoms with Crippen molar-refractivity contribution in [3.05, 3.63) is 362 Å². The largest absolute Gasteiger partial charge is 0.466 e. The molecule has 0 bridgehead atoms. The number of anilines is 2. The molecule has 12 heterocycles. The number of ether oxygens (including phenoxy) is 1. The minimum absolute atomic E-state index is 0. The van der Waals surface area contributed by atoms with Crippen molar-refractivity contribution >= 4 is 180 Å². The van der Waals surface area contributed by atoms with Gasteiger partial charge in [-0.3, -0.25) is 39.1 Å². The highest BCUT2D eigenvalue weighted by molar-refractivity contribution is 6.09. The highest BCUT2D eigenvalue weighted by Crippen LogP contribution is 2.54. The second-order valence-electron chi connectivity index (χ2n) is 28.4. The van der Waals surface area contributed by atoms with Crippen LogP contribution in [0.1, 0.15) is 77.5 Å². The van der Waals surface area contributed by atoms with Crippen LogP contribution in [0.4, 0.5) is 21.5 Å². The first kappa shape index (κ1) is 79.0. The highest BCUT2D eigenvalue weighted by atomic mass is 19.1. The van der Waals surface area contributed by atoms with Gasteiger partial charge in [-0.05, 0) is 194 Å². The smallest absolute Gasteiger partial charge is 0.330 e. The molecule has 0 saturated heterocycles. The van der Waals surface area contributed by atoms with E-state index in [0.717, 1.165) is 169 Å². The van der Waals surface area contributed by atoms with Gasteiger partial charge in [0.2, 0.25) is 0 Å². The van der Waals surface area contributed by atoms with E-state index in [2.05, 4.69) is 170 Å². The number of alkyl halides is 1. The number of aldehydes is 1. The molecule has 1 fully saturated rings. The molecule has 20 heteroatoms. The maximum atomic E-state index is 10.9. The zero-order valence-electron chi connectivity index (χ0n) is 66.7. The molecule has 22 rings (SSSR count). The number of rotatable bonds is 9. The van der Waals surface area contributed by atoms with Gasteiger partial charge in [-0.2, -0.15) is 0 Å². The summed E-state index contributed by atoms with van der Waals surface area (Å²) in [6.45, 7) is 0. The molecule has 9 aromatic carbocycles. The molecule has 4 N–H and O–H groups in total. The third-order valence-electron chi connectivity index (χ3n) is 20.8. The fourth-order valence-electron chi connectivity index (χ4n) is 14.6. The number of nitrogen functional groups attached to an aromatic ring is 2. The average Bonchev–Trinajstić information content (AvgIpc) is 1.58. The minimum Gasteiger partial charge on any atom is -0.466 e. The third kappa shape index (κ3) is 18.1. The van der Waals surface area contributed by atoms with E-state index in [-0.39, 0.29) is 13.4 Å². The van der Waals surface area contributed by atoms with Crippen molar-refractivity contribution in [1.82, 2.24) is 64.0 Å². The van der Waals surface area contributed by atoms with E-state index in [1.165, 1.54) is 35.3 Å². The molecule has 592 valence electrons. The van der Waals surface area contributed by atoms with Crippen molar-refractivity contribution in [2.24, 2.45) is 19.1 Å². The number of benzene rings is 9. The Kier molecular flexibility index (Phi) is 24.1. The van der Waals surface area contributed by atoms with Crippen LogP contribution < -0.4 is 11.5 Å². The number of pyridine rings is 9. The van der Waals surface area contributed by atoms with Crippen LogP contribution in [0.5, 0.6) is 0 Å². The van der Waals surface area contributed by atoms with Crippen LogP contribution in [0.3, 0.4) is 0 Å². The molecule has 1 saturated carbocycles. The predicted molar refractivity (Wildman–Crippen MR) is 492 cm³/mol. The van der Waals surface area contributed by atoms with Gasteiger partial charge in [-0.1, -0.05) is 135 Å². The van der Waals surface area contributed by atoms with E-state index < -0.39 is 7.15 Å². The molecule has 1 aliphatic heterocycles. The van der Waals surface area contributed by atoms with Crippen molar-refractivity contribution in [2.45, 2.75) is 32.1 Å². The molecule has 121 heavy (non-hydrogen) atoms. The summed E-state index contributed by atoms with van der Waals surface area (Å²) in [6.07, 6.45) is 21.0. The zero-order chi connectivity index (χ0) is 83.1. The Morgan fingerprint density at radius 2 is 0.851 bits per heavy atom. The third-order valence-corrected chi connectivity index (χ3v) is 20.8. The van der Waals surface area contributed by atoms with E-state index in [1.807, 2.05) is 208 Å². The lowest BCUT2D eigenvalue weighted by molar-refractivity contribution is -0.134. The monoisotopic (exact) mass is 1590 g/mol. The quantitative estimate of drug-likeness (QED) is 0.0589. The number of methoxy groups -OCH3 is 1. The molecule has 2 unspecified atom stereocenters. The lowest BCUT2D eigenvalue weighted by Gasteiger charge is -2.04. The number of carbonyl (C=O) groups is 2. The second-order valence-corrected chi connectivity index (χ2v) is 28.4. The standard InChI is InChI=1S/C23H18N4.C22H16N4.C22H15N3.C13H11NO2.C10H7NO.C9H9N3.CH3F.CH4/c1-27-21-11-10-19-15(6-4-12-24-19)22(21)26-23(27)17-13-16(17)20-9-8-14-5-2-3-7-18(14)25-20;1-26-20-12-11-19-17(6-4-14-23-19)22(20)25-21(26)13-10-16-9-8-15-5-2-3-7-18(15)24-16;1-2-6-20-15(4-1)7-9-17(24-20)10-11-18-14-16-8-12-21-19(22(16)25-18)5-3-13-23-21;1-16-13(15)9-8-11-7-6-10-4-2-3-5-12(10)14-11;12-7-9-6-5-8-3-1-2-4-10(8)11-9;10-7-3-4-8-6(9(7)11)2-1-5-12-8;1-2;/h2-12,16-17H,13H2,1H3;2-14H,1H3;1-13H,14H2;2-9H,1H3;1-7H;1-5H,10-11H2;1H3;1H4/b;13-10+;11-10+;9-8+;;;;/i;;;;;;1D;. The fraction of sp³-hybridized carbons (Fsp3) is 0.0891.